The topological polar surface area (TPSA) is 97.6 Å². The standard InChI is InChI=1S/C20H16N2O5S/c1-15-7-11-17(12-8-15)21(28(26,27)19-5-3-2-4-6-19)20(23)16-9-13-18(14-10-16)22(24)25/h2-14H,1H3. The van der Waals surface area contributed by atoms with Crippen LogP contribution in [0.2, 0.25) is 0 Å². The molecule has 0 saturated carbocycles. The van der Waals surface area contributed by atoms with Gasteiger partial charge in [0, 0.05) is 17.7 Å². The molecule has 0 spiro atoms. The highest BCUT2D eigenvalue weighted by Gasteiger charge is 2.32. The number of non-ortho nitro benzene ring substituents is 1. The summed E-state index contributed by atoms with van der Waals surface area (Å²) in [4.78, 5) is 23.3. The first-order valence-corrected chi connectivity index (χ1v) is 9.70. The summed E-state index contributed by atoms with van der Waals surface area (Å²) in [6, 6.07) is 18.9. The van der Waals surface area contributed by atoms with Crippen LogP contribution in [0.3, 0.4) is 0 Å². The van der Waals surface area contributed by atoms with Gasteiger partial charge in [-0.3, -0.25) is 14.9 Å². The van der Waals surface area contributed by atoms with Crippen molar-refractivity contribution in [3.63, 3.8) is 0 Å². The van der Waals surface area contributed by atoms with Gasteiger partial charge in [0.15, 0.2) is 0 Å². The van der Waals surface area contributed by atoms with E-state index in [-0.39, 0.29) is 21.8 Å². The second-order valence-corrected chi connectivity index (χ2v) is 7.81. The van der Waals surface area contributed by atoms with Crippen molar-refractivity contribution in [1.82, 2.24) is 0 Å². The van der Waals surface area contributed by atoms with E-state index >= 15 is 0 Å². The van der Waals surface area contributed by atoms with Gasteiger partial charge in [0.1, 0.15) is 0 Å². The van der Waals surface area contributed by atoms with E-state index in [2.05, 4.69) is 0 Å². The fourth-order valence-corrected chi connectivity index (χ4v) is 4.02. The molecule has 3 aromatic rings. The number of anilines is 1. The molecule has 0 aliphatic carbocycles. The average Bonchev–Trinajstić information content (AvgIpc) is 2.70. The van der Waals surface area contributed by atoms with Crippen molar-refractivity contribution in [2.75, 3.05) is 4.31 Å². The molecular formula is C20H16N2O5S. The maximum atomic E-state index is 13.2. The highest BCUT2D eigenvalue weighted by atomic mass is 32.2. The van der Waals surface area contributed by atoms with Gasteiger partial charge < -0.3 is 0 Å². The predicted molar refractivity (Wildman–Crippen MR) is 105 cm³/mol. The Morgan fingerprint density at radius 1 is 0.893 bits per heavy atom. The minimum atomic E-state index is -4.19. The molecule has 0 aliphatic rings. The summed E-state index contributed by atoms with van der Waals surface area (Å²) in [6.45, 7) is 1.85. The zero-order valence-corrected chi connectivity index (χ0v) is 15.7. The lowest BCUT2D eigenvalue weighted by Crippen LogP contribution is -2.37. The van der Waals surface area contributed by atoms with E-state index < -0.39 is 20.9 Å². The van der Waals surface area contributed by atoms with Crippen LogP contribution in [0.1, 0.15) is 15.9 Å². The number of carbonyl (C=O) groups excluding carboxylic acids is 1. The van der Waals surface area contributed by atoms with Crippen molar-refractivity contribution >= 4 is 27.3 Å². The van der Waals surface area contributed by atoms with Crippen LogP contribution in [-0.4, -0.2) is 19.2 Å². The van der Waals surface area contributed by atoms with E-state index in [0.717, 1.165) is 17.7 Å². The summed E-state index contributed by atoms with van der Waals surface area (Å²) < 4.78 is 27.1. The summed E-state index contributed by atoms with van der Waals surface area (Å²) >= 11 is 0. The Hall–Kier alpha value is -3.52. The number of benzene rings is 3. The van der Waals surface area contributed by atoms with Crippen LogP contribution in [-0.2, 0) is 10.0 Å². The lowest BCUT2D eigenvalue weighted by atomic mass is 10.2. The highest BCUT2D eigenvalue weighted by Crippen LogP contribution is 2.27. The third-order valence-corrected chi connectivity index (χ3v) is 5.78. The minimum absolute atomic E-state index is 0.0191. The van der Waals surface area contributed by atoms with Gasteiger partial charge in [-0.1, -0.05) is 35.9 Å². The first-order valence-electron chi connectivity index (χ1n) is 8.26. The van der Waals surface area contributed by atoms with Gasteiger partial charge in [-0.05, 0) is 43.3 Å². The van der Waals surface area contributed by atoms with Gasteiger partial charge in [-0.15, -0.1) is 0 Å². The Morgan fingerprint density at radius 2 is 1.46 bits per heavy atom. The zero-order chi connectivity index (χ0) is 20.3. The second kappa shape index (κ2) is 7.61. The second-order valence-electron chi connectivity index (χ2n) is 6.03. The SMILES string of the molecule is Cc1ccc(N(C(=O)c2ccc([N+](=O)[O-])cc2)S(=O)(=O)c2ccccc2)cc1. The van der Waals surface area contributed by atoms with Crippen LogP contribution in [0.5, 0.6) is 0 Å². The number of aryl methyl sites for hydroxylation is 1. The number of carbonyl (C=O) groups is 1. The predicted octanol–water partition coefficient (Wildman–Crippen LogP) is 3.94. The molecule has 0 radical (unpaired) electrons. The normalized spacial score (nSPS) is 11.0. The van der Waals surface area contributed by atoms with Crippen LogP contribution in [0, 0.1) is 17.0 Å². The van der Waals surface area contributed by atoms with Gasteiger partial charge in [-0.25, -0.2) is 8.42 Å². The maximum absolute atomic E-state index is 13.2. The molecular weight excluding hydrogens is 380 g/mol. The van der Waals surface area contributed by atoms with Gasteiger partial charge in [0.05, 0.1) is 15.5 Å². The first-order chi connectivity index (χ1) is 13.3. The summed E-state index contributed by atoms with van der Waals surface area (Å²) in [5.41, 5.74) is 0.913. The van der Waals surface area contributed by atoms with E-state index in [1.807, 2.05) is 6.92 Å². The highest BCUT2D eigenvalue weighted by molar-refractivity contribution is 7.93. The lowest BCUT2D eigenvalue weighted by molar-refractivity contribution is -0.384. The Morgan fingerprint density at radius 3 is 2.00 bits per heavy atom. The van der Waals surface area contributed by atoms with E-state index in [1.54, 1.807) is 42.5 Å². The van der Waals surface area contributed by atoms with E-state index in [0.29, 0.717) is 4.31 Å². The molecule has 0 saturated heterocycles. The quantitative estimate of drug-likeness (QED) is 0.481. The van der Waals surface area contributed by atoms with Gasteiger partial charge in [0.25, 0.3) is 21.6 Å². The number of hydrogen-bond acceptors (Lipinski definition) is 5. The molecule has 28 heavy (non-hydrogen) atoms. The third kappa shape index (κ3) is 3.77. The molecule has 8 heteroatoms. The van der Waals surface area contributed by atoms with Crippen molar-refractivity contribution in [2.45, 2.75) is 11.8 Å². The molecule has 3 rings (SSSR count). The molecule has 3 aromatic carbocycles. The number of nitro groups is 1. The maximum Gasteiger partial charge on any atom is 0.272 e. The van der Waals surface area contributed by atoms with Crippen LogP contribution >= 0.6 is 0 Å². The van der Waals surface area contributed by atoms with E-state index in [4.69, 9.17) is 0 Å². The molecule has 0 unspecified atom stereocenters. The van der Waals surface area contributed by atoms with Crippen molar-refractivity contribution < 1.29 is 18.1 Å². The van der Waals surface area contributed by atoms with Crippen LogP contribution in [0.25, 0.3) is 0 Å². The molecule has 0 N–H and O–H groups in total. The van der Waals surface area contributed by atoms with Crippen LogP contribution < -0.4 is 4.31 Å². The third-order valence-electron chi connectivity index (χ3n) is 4.06. The Labute approximate surface area is 162 Å². The largest absolute Gasteiger partial charge is 0.272 e. The summed E-state index contributed by atoms with van der Waals surface area (Å²) in [7, 11) is -4.19. The summed E-state index contributed by atoms with van der Waals surface area (Å²) in [5.74, 6) is -0.803. The average molecular weight is 396 g/mol. The van der Waals surface area contributed by atoms with Crippen LogP contribution in [0.15, 0.2) is 83.8 Å². The first kappa shape index (κ1) is 19.2. The molecule has 142 valence electrons. The fraction of sp³-hybridized carbons (Fsp3) is 0.0500. The van der Waals surface area contributed by atoms with E-state index in [9.17, 15) is 23.3 Å². The molecule has 1 amide bonds. The number of hydrogen-bond donors (Lipinski definition) is 0. The number of nitrogens with zero attached hydrogens (tertiary/aromatic N) is 2. The molecule has 0 aromatic heterocycles. The summed E-state index contributed by atoms with van der Waals surface area (Å²) in [5, 5.41) is 10.8. The Balaban J connectivity index is 2.12. The van der Waals surface area contributed by atoms with Crippen molar-refractivity contribution in [1.29, 1.82) is 0 Å². The molecule has 0 aliphatic heterocycles. The zero-order valence-electron chi connectivity index (χ0n) is 14.8. The number of sulfonamides is 1. The molecule has 7 nitrogen and oxygen atoms in total. The van der Waals surface area contributed by atoms with Crippen molar-refractivity contribution in [3.05, 3.63) is 100 Å². The molecule has 0 fully saturated rings. The number of rotatable bonds is 5. The van der Waals surface area contributed by atoms with Crippen LogP contribution in [0.4, 0.5) is 11.4 Å². The molecule has 0 atom stereocenters. The van der Waals surface area contributed by atoms with E-state index in [1.165, 1.54) is 24.3 Å². The minimum Gasteiger partial charge on any atom is -0.268 e. The van der Waals surface area contributed by atoms with Crippen molar-refractivity contribution in [3.8, 4) is 0 Å². The number of amides is 1. The summed E-state index contributed by atoms with van der Waals surface area (Å²) in [6.07, 6.45) is 0. The number of nitro benzene ring substituents is 1. The Bertz CT molecular complexity index is 1110. The Kier molecular flexibility index (Phi) is 5.23. The fourth-order valence-electron chi connectivity index (χ4n) is 2.59. The van der Waals surface area contributed by atoms with Crippen molar-refractivity contribution in [2.24, 2.45) is 0 Å². The molecule has 0 bridgehead atoms. The lowest BCUT2D eigenvalue weighted by Gasteiger charge is -2.23. The monoisotopic (exact) mass is 396 g/mol. The smallest absolute Gasteiger partial charge is 0.268 e. The van der Waals surface area contributed by atoms with Gasteiger partial charge in [-0.2, -0.15) is 4.31 Å². The molecule has 0 heterocycles. The van der Waals surface area contributed by atoms with Gasteiger partial charge >= 0.3 is 0 Å². The van der Waals surface area contributed by atoms with Gasteiger partial charge in [0.2, 0.25) is 0 Å².